The Labute approximate surface area is 77.5 Å². The second-order valence-corrected chi connectivity index (χ2v) is 2.38. The topological polar surface area (TPSA) is 42.2 Å². The quantitative estimate of drug-likeness (QED) is 0.708. The standard InChI is InChI=1S/C10H11NO2/c1-3-13-10-8(7-11)5-4-6-9(10)12-2/h4-6H,3H2,1-2H3. The molecule has 0 bridgehead atoms. The van der Waals surface area contributed by atoms with Gasteiger partial charge in [0.2, 0.25) is 0 Å². The van der Waals surface area contributed by atoms with E-state index in [0.717, 1.165) is 0 Å². The fourth-order valence-electron chi connectivity index (χ4n) is 1.06. The molecule has 0 amide bonds. The van der Waals surface area contributed by atoms with E-state index in [4.69, 9.17) is 14.7 Å². The average molecular weight is 177 g/mol. The maximum absolute atomic E-state index is 8.78. The molecule has 0 spiro atoms. The third kappa shape index (κ3) is 1.91. The van der Waals surface area contributed by atoms with Crippen LogP contribution < -0.4 is 9.47 Å². The Balaban J connectivity index is 3.15. The first-order chi connectivity index (χ1) is 6.33. The number of ether oxygens (including phenoxy) is 2. The van der Waals surface area contributed by atoms with Crippen molar-refractivity contribution in [3.63, 3.8) is 0 Å². The molecule has 0 aliphatic heterocycles. The Hall–Kier alpha value is -1.69. The molecule has 0 atom stereocenters. The minimum Gasteiger partial charge on any atom is -0.493 e. The van der Waals surface area contributed by atoms with Crippen molar-refractivity contribution in [2.45, 2.75) is 6.92 Å². The van der Waals surface area contributed by atoms with Crippen molar-refractivity contribution in [3.8, 4) is 17.6 Å². The van der Waals surface area contributed by atoms with Crippen LogP contribution >= 0.6 is 0 Å². The molecule has 0 aliphatic carbocycles. The van der Waals surface area contributed by atoms with E-state index >= 15 is 0 Å². The average Bonchev–Trinajstić information content (AvgIpc) is 2.18. The first kappa shape index (κ1) is 9.40. The second-order valence-electron chi connectivity index (χ2n) is 2.38. The fraction of sp³-hybridized carbons (Fsp3) is 0.300. The molecule has 0 unspecified atom stereocenters. The van der Waals surface area contributed by atoms with Crippen LogP contribution in [0.4, 0.5) is 0 Å². The van der Waals surface area contributed by atoms with Gasteiger partial charge in [0.15, 0.2) is 11.5 Å². The summed E-state index contributed by atoms with van der Waals surface area (Å²) in [6.07, 6.45) is 0. The predicted molar refractivity (Wildman–Crippen MR) is 48.9 cm³/mol. The van der Waals surface area contributed by atoms with Crippen LogP contribution in [0, 0.1) is 11.3 Å². The summed E-state index contributed by atoms with van der Waals surface area (Å²) < 4.78 is 10.4. The van der Waals surface area contributed by atoms with Crippen molar-refractivity contribution in [1.29, 1.82) is 5.26 Å². The number of rotatable bonds is 3. The molecule has 0 radical (unpaired) electrons. The lowest BCUT2D eigenvalue weighted by molar-refractivity contribution is 0.310. The van der Waals surface area contributed by atoms with Gasteiger partial charge >= 0.3 is 0 Å². The molecule has 0 aliphatic rings. The molecule has 68 valence electrons. The second kappa shape index (κ2) is 4.36. The monoisotopic (exact) mass is 177 g/mol. The van der Waals surface area contributed by atoms with Crippen molar-refractivity contribution in [3.05, 3.63) is 23.8 Å². The lowest BCUT2D eigenvalue weighted by atomic mass is 10.2. The van der Waals surface area contributed by atoms with Crippen LogP contribution in [-0.4, -0.2) is 13.7 Å². The summed E-state index contributed by atoms with van der Waals surface area (Å²) in [4.78, 5) is 0. The van der Waals surface area contributed by atoms with Gasteiger partial charge in [0, 0.05) is 0 Å². The highest BCUT2D eigenvalue weighted by Gasteiger charge is 2.08. The fourth-order valence-corrected chi connectivity index (χ4v) is 1.06. The van der Waals surface area contributed by atoms with Gasteiger partial charge < -0.3 is 9.47 Å². The number of hydrogen-bond donors (Lipinski definition) is 0. The Morgan fingerprint density at radius 3 is 2.77 bits per heavy atom. The summed E-state index contributed by atoms with van der Waals surface area (Å²) in [6, 6.07) is 7.29. The van der Waals surface area contributed by atoms with Crippen LogP contribution in [0.1, 0.15) is 12.5 Å². The molecule has 3 heteroatoms. The first-order valence-electron chi connectivity index (χ1n) is 4.03. The Morgan fingerprint density at radius 1 is 1.46 bits per heavy atom. The van der Waals surface area contributed by atoms with E-state index in [-0.39, 0.29) is 0 Å². The predicted octanol–water partition coefficient (Wildman–Crippen LogP) is 1.97. The smallest absolute Gasteiger partial charge is 0.178 e. The highest BCUT2D eigenvalue weighted by molar-refractivity contribution is 5.52. The third-order valence-corrected chi connectivity index (χ3v) is 1.61. The number of benzene rings is 1. The number of hydrogen-bond acceptors (Lipinski definition) is 3. The molecule has 0 heterocycles. The van der Waals surface area contributed by atoms with Crippen molar-refractivity contribution < 1.29 is 9.47 Å². The molecule has 1 aromatic carbocycles. The molecule has 1 rings (SSSR count). The van der Waals surface area contributed by atoms with E-state index < -0.39 is 0 Å². The molecule has 0 N–H and O–H groups in total. The lowest BCUT2D eigenvalue weighted by Gasteiger charge is -2.09. The molecule has 0 saturated carbocycles. The zero-order valence-corrected chi connectivity index (χ0v) is 7.70. The summed E-state index contributed by atoms with van der Waals surface area (Å²) >= 11 is 0. The highest BCUT2D eigenvalue weighted by atomic mass is 16.5. The summed E-state index contributed by atoms with van der Waals surface area (Å²) in [7, 11) is 1.55. The molecule has 1 aromatic rings. The summed E-state index contributed by atoms with van der Waals surface area (Å²) in [6.45, 7) is 2.39. The molecule has 3 nitrogen and oxygen atoms in total. The van der Waals surface area contributed by atoms with Gasteiger partial charge in [0.05, 0.1) is 19.3 Å². The summed E-state index contributed by atoms with van der Waals surface area (Å²) in [5.74, 6) is 1.12. The molecule has 0 fully saturated rings. The zero-order valence-electron chi connectivity index (χ0n) is 7.70. The van der Waals surface area contributed by atoms with Crippen molar-refractivity contribution in [2.75, 3.05) is 13.7 Å². The summed E-state index contributed by atoms with van der Waals surface area (Å²) in [5, 5.41) is 8.78. The van der Waals surface area contributed by atoms with Crippen LogP contribution in [0.15, 0.2) is 18.2 Å². The van der Waals surface area contributed by atoms with Gasteiger partial charge in [-0.3, -0.25) is 0 Å². The van der Waals surface area contributed by atoms with Gasteiger partial charge in [-0.1, -0.05) is 6.07 Å². The van der Waals surface area contributed by atoms with Crippen LogP contribution in [-0.2, 0) is 0 Å². The van der Waals surface area contributed by atoms with E-state index in [0.29, 0.717) is 23.7 Å². The minimum atomic E-state index is 0.501. The summed E-state index contributed by atoms with van der Waals surface area (Å²) in [5.41, 5.74) is 0.501. The van der Waals surface area contributed by atoms with E-state index in [9.17, 15) is 0 Å². The number of para-hydroxylation sites is 1. The van der Waals surface area contributed by atoms with Gasteiger partial charge in [0.25, 0.3) is 0 Å². The third-order valence-electron chi connectivity index (χ3n) is 1.61. The SMILES string of the molecule is CCOc1c(C#N)cccc1OC. The van der Waals surface area contributed by atoms with Crippen molar-refractivity contribution in [1.82, 2.24) is 0 Å². The molecular formula is C10H11NO2. The molecule has 13 heavy (non-hydrogen) atoms. The van der Waals surface area contributed by atoms with Gasteiger partial charge in [-0.05, 0) is 19.1 Å². The normalized spacial score (nSPS) is 9.00. The molecule has 0 aromatic heterocycles. The zero-order chi connectivity index (χ0) is 9.68. The van der Waals surface area contributed by atoms with Gasteiger partial charge in [0.1, 0.15) is 6.07 Å². The Kier molecular flexibility index (Phi) is 3.15. The highest BCUT2D eigenvalue weighted by Crippen LogP contribution is 2.30. The van der Waals surface area contributed by atoms with Gasteiger partial charge in [-0.25, -0.2) is 0 Å². The van der Waals surface area contributed by atoms with Crippen LogP contribution in [0.3, 0.4) is 0 Å². The van der Waals surface area contributed by atoms with E-state index in [2.05, 4.69) is 6.07 Å². The number of methoxy groups -OCH3 is 1. The minimum absolute atomic E-state index is 0.501. The van der Waals surface area contributed by atoms with E-state index in [1.54, 1.807) is 25.3 Å². The Bertz CT molecular complexity index is 328. The van der Waals surface area contributed by atoms with Crippen LogP contribution in [0.2, 0.25) is 0 Å². The largest absolute Gasteiger partial charge is 0.493 e. The van der Waals surface area contributed by atoms with Crippen LogP contribution in [0.25, 0.3) is 0 Å². The number of nitrogens with zero attached hydrogens (tertiary/aromatic N) is 1. The number of nitriles is 1. The molecular weight excluding hydrogens is 166 g/mol. The van der Waals surface area contributed by atoms with Crippen molar-refractivity contribution >= 4 is 0 Å². The maximum atomic E-state index is 8.78. The van der Waals surface area contributed by atoms with E-state index in [1.165, 1.54) is 0 Å². The maximum Gasteiger partial charge on any atom is 0.178 e. The van der Waals surface area contributed by atoms with Gasteiger partial charge in [-0.15, -0.1) is 0 Å². The lowest BCUT2D eigenvalue weighted by Crippen LogP contribution is -1.97. The first-order valence-corrected chi connectivity index (χ1v) is 4.03. The van der Waals surface area contributed by atoms with Crippen LogP contribution in [0.5, 0.6) is 11.5 Å². The van der Waals surface area contributed by atoms with Crippen molar-refractivity contribution in [2.24, 2.45) is 0 Å². The van der Waals surface area contributed by atoms with E-state index in [1.807, 2.05) is 6.92 Å². The van der Waals surface area contributed by atoms with Gasteiger partial charge in [-0.2, -0.15) is 5.26 Å². The Morgan fingerprint density at radius 2 is 2.23 bits per heavy atom. The molecule has 0 saturated heterocycles.